The Morgan fingerprint density at radius 3 is 2.88 bits per heavy atom. The number of benzene rings is 2. The van der Waals surface area contributed by atoms with Crippen molar-refractivity contribution in [2.24, 2.45) is 0 Å². The Balaban J connectivity index is 1.67. The van der Waals surface area contributed by atoms with Crippen molar-refractivity contribution in [2.75, 3.05) is 32.1 Å². The molecule has 6 heteroatoms. The summed E-state index contributed by atoms with van der Waals surface area (Å²) in [6, 6.07) is 12.5. The Morgan fingerprint density at radius 2 is 2.08 bits per heavy atom. The van der Waals surface area contributed by atoms with Crippen LogP contribution in [0.1, 0.15) is 15.9 Å². The van der Waals surface area contributed by atoms with Crippen molar-refractivity contribution in [2.45, 2.75) is 6.92 Å². The maximum atomic E-state index is 12.3. The lowest BCUT2D eigenvalue weighted by Crippen LogP contribution is -2.28. The largest absolute Gasteiger partial charge is 0.491 e. The predicted octanol–water partition coefficient (Wildman–Crippen LogP) is 2.48. The molecule has 0 unspecified atom stereocenters. The number of carbonyl (C=O) groups excluding carboxylic acids is 2. The normalized spacial score (nSPS) is 13.5. The van der Waals surface area contributed by atoms with Crippen molar-refractivity contribution < 1.29 is 19.1 Å². The minimum Gasteiger partial charge on any atom is -0.491 e. The number of nitrogens with zero attached hydrogens (tertiary/aromatic N) is 1. The van der Waals surface area contributed by atoms with Gasteiger partial charge in [-0.25, -0.2) is 0 Å². The topological polar surface area (TPSA) is 67.9 Å². The van der Waals surface area contributed by atoms with E-state index in [2.05, 4.69) is 5.32 Å². The van der Waals surface area contributed by atoms with Gasteiger partial charge in [-0.3, -0.25) is 9.59 Å². The molecule has 0 saturated heterocycles. The molecule has 1 heterocycles. The first-order valence-electron chi connectivity index (χ1n) is 8.05. The van der Waals surface area contributed by atoms with E-state index in [1.165, 1.54) is 0 Å². The van der Waals surface area contributed by atoms with Gasteiger partial charge in [0.2, 0.25) is 0 Å². The Labute approximate surface area is 146 Å². The molecule has 2 aromatic carbocycles. The van der Waals surface area contributed by atoms with E-state index in [-0.39, 0.29) is 18.4 Å². The van der Waals surface area contributed by atoms with E-state index in [0.29, 0.717) is 35.9 Å². The van der Waals surface area contributed by atoms with Crippen LogP contribution in [0.5, 0.6) is 11.5 Å². The van der Waals surface area contributed by atoms with E-state index in [9.17, 15) is 9.59 Å². The first-order chi connectivity index (χ1) is 12.0. The highest BCUT2D eigenvalue weighted by molar-refractivity contribution is 5.99. The fraction of sp³-hybridized carbons (Fsp3) is 0.263. The van der Waals surface area contributed by atoms with Crippen LogP contribution in [-0.2, 0) is 4.79 Å². The molecule has 0 fully saturated rings. The molecule has 0 spiro atoms. The summed E-state index contributed by atoms with van der Waals surface area (Å²) in [7, 11) is 1.72. The van der Waals surface area contributed by atoms with Crippen LogP contribution in [0.3, 0.4) is 0 Å². The number of aryl methyl sites for hydroxylation is 1. The van der Waals surface area contributed by atoms with E-state index in [0.717, 1.165) is 5.56 Å². The van der Waals surface area contributed by atoms with Crippen LogP contribution in [0.2, 0.25) is 0 Å². The van der Waals surface area contributed by atoms with Crippen molar-refractivity contribution in [3.8, 4) is 11.5 Å². The van der Waals surface area contributed by atoms with Gasteiger partial charge in [0.25, 0.3) is 11.8 Å². The molecule has 0 radical (unpaired) electrons. The summed E-state index contributed by atoms with van der Waals surface area (Å²) in [6.45, 7) is 2.79. The molecule has 0 atom stereocenters. The molecule has 2 amide bonds. The van der Waals surface area contributed by atoms with E-state index in [1.54, 1.807) is 30.1 Å². The number of hydrogen-bond acceptors (Lipinski definition) is 4. The lowest BCUT2D eigenvalue weighted by Gasteiger charge is -2.13. The van der Waals surface area contributed by atoms with Crippen LogP contribution in [0, 0.1) is 6.92 Å². The summed E-state index contributed by atoms with van der Waals surface area (Å²) in [6.07, 6.45) is 0. The number of ether oxygens (including phenoxy) is 2. The Bertz CT molecular complexity index is 804. The summed E-state index contributed by atoms with van der Waals surface area (Å²) in [4.78, 5) is 26.0. The highest BCUT2D eigenvalue weighted by Gasteiger charge is 2.21. The molecular formula is C19H20N2O4. The van der Waals surface area contributed by atoms with Crippen molar-refractivity contribution in [3.05, 3.63) is 53.6 Å². The Morgan fingerprint density at radius 1 is 1.28 bits per heavy atom. The molecule has 3 rings (SSSR count). The lowest BCUT2D eigenvalue weighted by atomic mass is 10.1. The maximum absolute atomic E-state index is 12.3. The smallest absolute Gasteiger partial charge is 0.262 e. The summed E-state index contributed by atoms with van der Waals surface area (Å²) >= 11 is 0. The van der Waals surface area contributed by atoms with Gasteiger partial charge >= 0.3 is 0 Å². The summed E-state index contributed by atoms with van der Waals surface area (Å²) < 4.78 is 11.1. The number of para-hydroxylation sites is 1. The fourth-order valence-corrected chi connectivity index (χ4v) is 2.56. The number of likely N-dealkylation sites (N-methyl/N-ethyl adjacent to an activating group) is 1. The van der Waals surface area contributed by atoms with Gasteiger partial charge in [0.05, 0.1) is 12.1 Å². The molecule has 0 saturated carbocycles. The zero-order valence-electron chi connectivity index (χ0n) is 14.2. The van der Waals surface area contributed by atoms with Gasteiger partial charge in [-0.1, -0.05) is 18.2 Å². The third kappa shape index (κ3) is 3.91. The van der Waals surface area contributed by atoms with Gasteiger partial charge in [-0.2, -0.15) is 0 Å². The van der Waals surface area contributed by atoms with Gasteiger partial charge < -0.3 is 19.7 Å². The number of nitrogens with one attached hydrogen (secondary N) is 1. The van der Waals surface area contributed by atoms with E-state index < -0.39 is 0 Å². The zero-order chi connectivity index (χ0) is 17.8. The third-order valence-corrected chi connectivity index (χ3v) is 3.98. The van der Waals surface area contributed by atoms with Crippen LogP contribution in [0.25, 0.3) is 0 Å². The monoisotopic (exact) mass is 340 g/mol. The number of hydrogen-bond donors (Lipinski definition) is 1. The summed E-state index contributed by atoms with van der Waals surface area (Å²) in [5.41, 5.74) is 1.94. The highest BCUT2D eigenvalue weighted by Crippen LogP contribution is 2.26. The van der Waals surface area contributed by atoms with Crippen molar-refractivity contribution >= 4 is 17.5 Å². The predicted molar refractivity (Wildman–Crippen MR) is 94.2 cm³/mol. The second-order valence-electron chi connectivity index (χ2n) is 5.89. The number of fused-ring (bicyclic) bond motifs is 1. The number of amides is 2. The highest BCUT2D eigenvalue weighted by atomic mass is 16.5. The van der Waals surface area contributed by atoms with Crippen LogP contribution >= 0.6 is 0 Å². The van der Waals surface area contributed by atoms with Gasteiger partial charge in [-0.05, 0) is 36.8 Å². The molecule has 0 aliphatic carbocycles. The minimum absolute atomic E-state index is 0.105. The van der Waals surface area contributed by atoms with Crippen LogP contribution in [0.4, 0.5) is 5.69 Å². The number of anilines is 1. The molecule has 130 valence electrons. The second kappa shape index (κ2) is 7.25. The Kier molecular flexibility index (Phi) is 4.88. The van der Waals surface area contributed by atoms with E-state index >= 15 is 0 Å². The SMILES string of the molecule is Cc1ccccc1OCC(=O)Nc1ccc2c(c1)C(=O)N(C)CCO2. The average Bonchev–Trinajstić information content (AvgIpc) is 2.74. The molecule has 0 bridgehead atoms. The molecule has 25 heavy (non-hydrogen) atoms. The lowest BCUT2D eigenvalue weighted by molar-refractivity contribution is -0.118. The van der Waals surface area contributed by atoms with Crippen LogP contribution in [0.15, 0.2) is 42.5 Å². The second-order valence-corrected chi connectivity index (χ2v) is 5.89. The fourth-order valence-electron chi connectivity index (χ4n) is 2.56. The van der Waals surface area contributed by atoms with E-state index in [4.69, 9.17) is 9.47 Å². The van der Waals surface area contributed by atoms with Gasteiger partial charge in [0, 0.05) is 12.7 Å². The number of rotatable bonds is 4. The van der Waals surface area contributed by atoms with Crippen LogP contribution in [-0.4, -0.2) is 43.5 Å². The molecule has 6 nitrogen and oxygen atoms in total. The quantitative estimate of drug-likeness (QED) is 0.928. The third-order valence-electron chi connectivity index (χ3n) is 3.98. The average molecular weight is 340 g/mol. The first kappa shape index (κ1) is 16.8. The summed E-state index contributed by atoms with van der Waals surface area (Å²) in [5, 5.41) is 2.75. The first-order valence-corrected chi connectivity index (χ1v) is 8.05. The van der Waals surface area contributed by atoms with Gasteiger partial charge in [0.1, 0.15) is 18.1 Å². The van der Waals surface area contributed by atoms with Crippen molar-refractivity contribution in [3.63, 3.8) is 0 Å². The zero-order valence-corrected chi connectivity index (χ0v) is 14.2. The minimum atomic E-state index is -0.293. The van der Waals surface area contributed by atoms with E-state index in [1.807, 2.05) is 31.2 Å². The molecule has 1 aliphatic rings. The molecular weight excluding hydrogens is 320 g/mol. The molecule has 1 aliphatic heterocycles. The maximum Gasteiger partial charge on any atom is 0.262 e. The number of carbonyl (C=O) groups is 2. The summed E-state index contributed by atoms with van der Waals surface area (Å²) in [5.74, 6) is 0.784. The van der Waals surface area contributed by atoms with Gasteiger partial charge in [0.15, 0.2) is 6.61 Å². The molecule has 1 N–H and O–H groups in total. The van der Waals surface area contributed by atoms with Crippen molar-refractivity contribution in [1.29, 1.82) is 0 Å². The van der Waals surface area contributed by atoms with Crippen LogP contribution < -0.4 is 14.8 Å². The Hall–Kier alpha value is -3.02. The van der Waals surface area contributed by atoms with Crippen molar-refractivity contribution in [1.82, 2.24) is 4.90 Å². The molecule has 2 aromatic rings. The van der Waals surface area contributed by atoms with Gasteiger partial charge in [-0.15, -0.1) is 0 Å². The molecule has 0 aromatic heterocycles. The standard InChI is InChI=1S/C19H20N2O4/c1-13-5-3-4-6-16(13)25-12-18(22)20-14-7-8-17-15(11-14)19(23)21(2)9-10-24-17/h3-8,11H,9-10,12H2,1-2H3,(H,20,22).